The van der Waals surface area contributed by atoms with E-state index in [-0.39, 0.29) is 12.3 Å². The Bertz CT molecular complexity index is 1220. The molecule has 7 nitrogen and oxygen atoms in total. The summed E-state index contributed by atoms with van der Waals surface area (Å²) in [6.07, 6.45) is 0.164. The Morgan fingerprint density at radius 2 is 1.90 bits per heavy atom. The van der Waals surface area contributed by atoms with Gasteiger partial charge in [-0.1, -0.05) is 30.3 Å². The predicted molar refractivity (Wildman–Crippen MR) is 114 cm³/mol. The molecule has 29 heavy (non-hydrogen) atoms. The van der Waals surface area contributed by atoms with E-state index < -0.39 is 5.91 Å². The predicted octanol–water partition coefficient (Wildman–Crippen LogP) is 3.04. The lowest BCUT2D eigenvalue weighted by Gasteiger charge is -2.07. The number of aromatic nitrogens is 1. The summed E-state index contributed by atoms with van der Waals surface area (Å²) in [6.45, 7) is 0. The number of carbonyl (C=O) groups is 2. The highest BCUT2D eigenvalue weighted by atomic mass is 32.1. The van der Waals surface area contributed by atoms with Crippen LogP contribution in [0, 0.1) is 0 Å². The van der Waals surface area contributed by atoms with E-state index in [2.05, 4.69) is 15.8 Å². The molecule has 0 saturated carbocycles. The maximum atomic E-state index is 12.5. The summed E-state index contributed by atoms with van der Waals surface area (Å²) in [6, 6.07) is 16.7. The molecule has 0 radical (unpaired) electrons. The summed E-state index contributed by atoms with van der Waals surface area (Å²) in [5, 5.41) is 1.56. The van der Waals surface area contributed by atoms with Gasteiger partial charge in [0, 0.05) is 10.8 Å². The van der Waals surface area contributed by atoms with Crippen molar-refractivity contribution in [1.82, 2.24) is 15.8 Å². The van der Waals surface area contributed by atoms with Gasteiger partial charge in [-0.25, -0.2) is 4.98 Å². The molecule has 2 amide bonds. The molecule has 0 aliphatic carbocycles. The molecule has 4 N–H and O–H groups in total. The van der Waals surface area contributed by atoms with Crippen molar-refractivity contribution in [2.75, 3.05) is 12.8 Å². The topological polar surface area (TPSA) is 106 Å². The Morgan fingerprint density at radius 3 is 2.66 bits per heavy atom. The van der Waals surface area contributed by atoms with Crippen LogP contribution in [0.25, 0.3) is 21.1 Å². The van der Waals surface area contributed by atoms with Crippen LogP contribution in [-0.2, 0) is 11.2 Å². The van der Waals surface area contributed by atoms with Gasteiger partial charge in [0.25, 0.3) is 5.91 Å². The molecule has 4 aromatic rings. The van der Waals surface area contributed by atoms with Crippen LogP contribution < -0.4 is 21.3 Å². The lowest BCUT2D eigenvalue weighted by Crippen LogP contribution is -2.42. The van der Waals surface area contributed by atoms with Crippen LogP contribution in [0.5, 0.6) is 5.75 Å². The van der Waals surface area contributed by atoms with E-state index in [0.717, 1.165) is 16.5 Å². The number of rotatable bonds is 4. The molecule has 0 saturated heterocycles. The number of methoxy groups -OCH3 is 1. The quantitative estimate of drug-likeness (QED) is 0.452. The molecular weight excluding hydrogens is 388 g/mol. The molecule has 0 atom stereocenters. The number of carbonyl (C=O) groups excluding carboxylic acids is 2. The molecule has 2 aromatic heterocycles. The minimum Gasteiger partial charge on any atom is -0.497 e. The zero-order valence-electron chi connectivity index (χ0n) is 15.6. The van der Waals surface area contributed by atoms with E-state index in [1.54, 1.807) is 7.11 Å². The SMILES string of the molecule is COc1ccc2nc3sc(C(=O)NNC(=O)Cc4ccccc4)c(N)c3cc2c1. The second-order valence-electron chi connectivity index (χ2n) is 6.41. The number of benzene rings is 2. The summed E-state index contributed by atoms with van der Waals surface area (Å²) in [7, 11) is 1.60. The summed E-state index contributed by atoms with van der Waals surface area (Å²) >= 11 is 1.18. The number of nitrogens with zero attached hydrogens (tertiary/aromatic N) is 1. The van der Waals surface area contributed by atoms with Gasteiger partial charge in [-0.05, 0) is 29.8 Å². The third-order valence-corrected chi connectivity index (χ3v) is 5.56. The minimum absolute atomic E-state index is 0.164. The Hall–Kier alpha value is -3.65. The van der Waals surface area contributed by atoms with Gasteiger partial charge in [0.05, 0.1) is 24.7 Å². The second kappa shape index (κ2) is 7.76. The lowest BCUT2D eigenvalue weighted by atomic mass is 10.1. The van der Waals surface area contributed by atoms with Crippen LogP contribution in [0.15, 0.2) is 54.6 Å². The first kappa shape index (κ1) is 18.7. The Kier molecular flexibility index (Phi) is 5.01. The number of ether oxygens (including phenoxy) is 1. The number of amides is 2. The largest absolute Gasteiger partial charge is 0.497 e. The van der Waals surface area contributed by atoms with Crippen LogP contribution in [-0.4, -0.2) is 23.9 Å². The van der Waals surface area contributed by atoms with Crippen molar-refractivity contribution >= 4 is 50.0 Å². The number of hydrazine groups is 1. The van der Waals surface area contributed by atoms with Gasteiger partial charge in [0.1, 0.15) is 15.5 Å². The molecule has 0 spiro atoms. The molecular formula is C21H18N4O3S. The van der Waals surface area contributed by atoms with E-state index in [0.29, 0.717) is 26.5 Å². The second-order valence-corrected chi connectivity index (χ2v) is 7.41. The van der Waals surface area contributed by atoms with E-state index >= 15 is 0 Å². The van der Waals surface area contributed by atoms with Gasteiger partial charge in [0.15, 0.2) is 0 Å². The molecule has 0 aliphatic rings. The first-order valence-electron chi connectivity index (χ1n) is 8.85. The number of nitrogens with one attached hydrogen (secondary N) is 2. The van der Waals surface area contributed by atoms with Crippen molar-refractivity contribution in [3.8, 4) is 5.75 Å². The number of thiophene rings is 1. The fourth-order valence-corrected chi connectivity index (χ4v) is 3.97. The van der Waals surface area contributed by atoms with Gasteiger partial charge < -0.3 is 10.5 Å². The maximum Gasteiger partial charge on any atom is 0.281 e. The van der Waals surface area contributed by atoms with E-state index in [4.69, 9.17) is 10.5 Å². The molecule has 0 bridgehead atoms. The fraction of sp³-hybridized carbons (Fsp3) is 0.0952. The third kappa shape index (κ3) is 3.83. The third-order valence-electron chi connectivity index (χ3n) is 4.45. The Balaban J connectivity index is 1.53. The van der Waals surface area contributed by atoms with Crippen LogP contribution in [0.3, 0.4) is 0 Å². The standard InChI is InChI=1S/C21H18N4O3S/c1-28-14-7-8-16-13(10-14)11-15-18(22)19(29-21(15)23-16)20(27)25-24-17(26)9-12-5-3-2-4-6-12/h2-8,10-11H,9,22H2,1H3,(H,24,26)(H,25,27). The first-order chi connectivity index (χ1) is 14.0. The number of fused-ring (bicyclic) bond motifs is 2. The van der Waals surface area contributed by atoms with Gasteiger partial charge in [-0.2, -0.15) is 0 Å². The van der Waals surface area contributed by atoms with Crippen molar-refractivity contribution in [1.29, 1.82) is 0 Å². The molecule has 2 aromatic carbocycles. The maximum absolute atomic E-state index is 12.5. The van der Waals surface area contributed by atoms with Gasteiger partial charge in [-0.3, -0.25) is 20.4 Å². The average molecular weight is 406 g/mol. The summed E-state index contributed by atoms with van der Waals surface area (Å²) < 4.78 is 5.24. The number of hydrogen-bond acceptors (Lipinski definition) is 6. The molecule has 4 rings (SSSR count). The Morgan fingerprint density at radius 1 is 1.10 bits per heavy atom. The fourth-order valence-electron chi connectivity index (χ4n) is 2.99. The average Bonchev–Trinajstić information content (AvgIpc) is 3.06. The lowest BCUT2D eigenvalue weighted by molar-refractivity contribution is -0.121. The zero-order chi connectivity index (χ0) is 20.4. The van der Waals surface area contributed by atoms with Crippen LogP contribution in [0.2, 0.25) is 0 Å². The highest BCUT2D eigenvalue weighted by Gasteiger charge is 2.18. The van der Waals surface area contributed by atoms with Gasteiger partial charge in [0.2, 0.25) is 5.91 Å². The van der Waals surface area contributed by atoms with Gasteiger partial charge in [-0.15, -0.1) is 11.3 Å². The minimum atomic E-state index is -0.478. The van der Waals surface area contributed by atoms with Crippen LogP contribution in [0.4, 0.5) is 5.69 Å². The van der Waals surface area contributed by atoms with Crippen molar-refractivity contribution in [2.24, 2.45) is 0 Å². The van der Waals surface area contributed by atoms with Crippen LogP contribution in [0.1, 0.15) is 15.2 Å². The highest BCUT2D eigenvalue weighted by Crippen LogP contribution is 2.35. The van der Waals surface area contributed by atoms with Crippen LogP contribution >= 0.6 is 11.3 Å². The normalized spacial score (nSPS) is 10.8. The molecule has 0 fully saturated rings. The summed E-state index contributed by atoms with van der Waals surface area (Å²) in [5.74, 6) is -0.0831. The van der Waals surface area contributed by atoms with Crippen molar-refractivity contribution in [2.45, 2.75) is 6.42 Å². The van der Waals surface area contributed by atoms with Crippen molar-refractivity contribution < 1.29 is 14.3 Å². The van der Waals surface area contributed by atoms with E-state index in [9.17, 15) is 9.59 Å². The first-order valence-corrected chi connectivity index (χ1v) is 9.66. The number of nitrogens with two attached hydrogens (primary N) is 1. The molecule has 8 heteroatoms. The molecule has 2 heterocycles. The smallest absolute Gasteiger partial charge is 0.281 e. The highest BCUT2D eigenvalue weighted by molar-refractivity contribution is 7.21. The number of pyridine rings is 1. The van der Waals surface area contributed by atoms with E-state index in [1.165, 1.54) is 11.3 Å². The summed E-state index contributed by atoms with van der Waals surface area (Å²) in [5.41, 5.74) is 13.0. The molecule has 0 aliphatic heterocycles. The monoisotopic (exact) mass is 406 g/mol. The molecule has 0 unspecified atom stereocenters. The van der Waals surface area contributed by atoms with Crippen molar-refractivity contribution in [3.05, 3.63) is 65.0 Å². The number of anilines is 1. The number of nitrogen functional groups attached to an aromatic ring is 1. The summed E-state index contributed by atoms with van der Waals surface area (Å²) in [4.78, 5) is 30.1. The van der Waals surface area contributed by atoms with Gasteiger partial charge >= 0.3 is 0 Å². The Labute approximate surface area is 170 Å². The van der Waals surface area contributed by atoms with E-state index in [1.807, 2.05) is 54.6 Å². The molecule has 146 valence electrons. The zero-order valence-corrected chi connectivity index (χ0v) is 16.4. The number of hydrogen-bond donors (Lipinski definition) is 3. The van der Waals surface area contributed by atoms with Crippen molar-refractivity contribution in [3.63, 3.8) is 0 Å².